The first kappa shape index (κ1) is 25.1. The van der Waals surface area contributed by atoms with Crippen LogP contribution in [0.15, 0.2) is 77.7 Å². The second kappa shape index (κ2) is 10.4. The lowest BCUT2D eigenvalue weighted by Crippen LogP contribution is -2.44. The minimum Gasteiger partial charge on any atom is -0.497 e. The van der Waals surface area contributed by atoms with Gasteiger partial charge in [-0.15, -0.1) is 0 Å². The minimum absolute atomic E-state index is 0.260. The number of rotatable bonds is 6. The summed E-state index contributed by atoms with van der Waals surface area (Å²) in [6.07, 6.45) is 1.85. The lowest BCUT2D eigenvalue weighted by molar-refractivity contribution is -0.123. The fourth-order valence-corrected chi connectivity index (χ4v) is 5.60. The van der Waals surface area contributed by atoms with E-state index in [0.29, 0.717) is 27.8 Å². The van der Waals surface area contributed by atoms with E-state index in [1.807, 2.05) is 55.5 Å². The highest BCUT2D eigenvalue weighted by atomic mass is 35.5. The topological polar surface area (TPSA) is 63.6 Å². The molecule has 1 aliphatic rings. The number of thioether (sulfide) groups is 1. The molecule has 0 spiro atoms. The van der Waals surface area contributed by atoms with Gasteiger partial charge in [-0.3, -0.25) is 15.0 Å². The monoisotopic (exact) mass is 547 g/mol. The van der Waals surface area contributed by atoms with Crippen molar-refractivity contribution in [3.63, 3.8) is 0 Å². The van der Waals surface area contributed by atoms with E-state index < -0.39 is 5.91 Å². The molecule has 9 heteroatoms. The van der Waals surface area contributed by atoms with Crippen LogP contribution in [0.25, 0.3) is 17.0 Å². The summed E-state index contributed by atoms with van der Waals surface area (Å²) >= 11 is 13.0. The van der Waals surface area contributed by atoms with Crippen molar-refractivity contribution in [3.8, 4) is 5.75 Å². The molecule has 5 rings (SSSR count). The molecule has 0 bridgehead atoms. The Balaban J connectivity index is 1.45. The lowest BCUT2D eigenvalue weighted by atomic mass is 10.1. The van der Waals surface area contributed by atoms with E-state index in [9.17, 15) is 9.59 Å². The van der Waals surface area contributed by atoms with Crippen molar-refractivity contribution >= 4 is 68.7 Å². The summed E-state index contributed by atoms with van der Waals surface area (Å²) in [4.78, 5) is 26.4. The zero-order valence-electron chi connectivity index (χ0n) is 20.0. The number of carbonyl (C=O) groups is 2. The third-order valence-electron chi connectivity index (χ3n) is 6.20. The van der Waals surface area contributed by atoms with Crippen LogP contribution in [0.3, 0.4) is 0 Å². The van der Waals surface area contributed by atoms with Crippen molar-refractivity contribution < 1.29 is 14.3 Å². The van der Waals surface area contributed by atoms with Crippen molar-refractivity contribution in [2.45, 2.75) is 13.5 Å². The molecule has 0 unspecified atom stereocenters. The van der Waals surface area contributed by atoms with E-state index in [1.165, 1.54) is 0 Å². The summed E-state index contributed by atoms with van der Waals surface area (Å²) in [7, 11) is 1.55. The number of ether oxygens (including phenoxy) is 1. The number of nitrogens with one attached hydrogen (secondary N) is 1. The molecule has 1 fully saturated rings. The fraction of sp³-hybridized carbons (Fsp3) is 0.107. The van der Waals surface area contributed by atoms with Crippen LogP contribution in [0.1, 0.15) is 27.2 Å². The molecule has 186 valence electrons. The molecule has 2 heterocycles. The van der Waals surface area contributed by atoms with Crippen LogP contribution < -0.4 is 10.2 Å². The number of benzene rings is 3. The van der Waals surface area contributed by atoms with Gasteiger partial charge >= 0.3 is 0 Å². The zero-order chi connectivity index (χ0) is 26.1. The van der Waals surface area contributed by atoms with Gasteiger partial charge in [0.15, 0.2) is 4.32 Å². The van der Waals surface area contributed by atoms with Gasteiger partial charge in [0.05, 0.1) is 12.0 Å². The summed E-state index contributed by atoms with van der Waals surface area (Å²) in [5.41, 5.74) is 6.97. The van der Waals surface area contributed by atoms with Crippen LogP contribution in [-0.2, 0) is 11.3 Å². The maximum Gasteiger partial charge on any atom is 0.285 e. The maximum absolute atomic E-state index is 13.3. The molecule has 0 atom stereocenters. The Hall–Kier alpha value is -3.59. The maximum atomic E-state index is 13.3. The number of methoxy groups -OCH3 is 1. The van der Waals surface area contributed by atoms with E-state index >= 15 is 0 Å². The summed E-state index contributed by atoms with van der Waals surface area (Å²) in [6.45, 7) is 2.62. The molecular formula is C28H22ClN3O3S2. The number of para-hydroxylation sites is 1. The van der Waals surface area contributed by atoms with Gasteiger partial charge in [0.25, 0.3) is 11.8 Å². The molecule has 0 radical (unpaired) electrons. The summed E-state index contributed by atoms with van der Waals surface area (Å²) in [5, 5.41) is 2.84. The molecule has 1 saturated heterocycles. The summed E-state index contributed by atoms with van der Waals surface area (Å²) in [6, 6.07) is 22.4. The zero-order valence-corrected chi connectivity index (χ0v) is 22.4. The second-order valence-corrected chi connectivity index (χ2v) is 10.5. The number of amides is 2. The van der Waals surface area contributed by atoms with Crippen molar-refractivity contribution in [3.05, 3.63) is 105 Å². The fourth-order valence-electron chi connectivity index (χ4n) is 4.24. The first-order chi connectivity index (χ1) is 17.9. The van der Waals surface area contributed by atoms with E-state index in [0.717, 1.165) is 44.5 Å². The third-order valence-corrected chi connectivity index (χ3v) is 7.87. The number of halogens is 1. The van der Waals surface area contributed by atoms with Crippen molar-refractivity contribution in [1.82, 2.24) is 15.0 Å². The molecule has 2 amide bonds. The molecule has 0 aliphatic carbocycles. The van der Waals surface area contributed by atoms with Crippen LogP contribution in [0.4, 0.5) is 0 Å². The van der Waals surface area contributed by atoms with Gasteiger partial charge < -0.3 is 9.30 Å². The normalized spacial score (nSPS) is 14.6. The van der Waals surface area contributed by atoms with Gasteiger partial charge in [0, 0.05) is 39.3 Å². The molecule has 6 nitrogen and oxygen atoms in total. The predicted molar refractivity (Wildman–Crippen MR) is 153 cm³/mol. The Labute approximate surface area is 228 Å². The number of carbonyl (C=O) groups excluding carboxylic acids is 2. The van der Waals surface area contributed by atoms with Crippen LogP contribution in [-0.4, -0.2) is 32.8 Å². The Kier molecular flexibility index (Phi) is 7.06. The average molecular weight is 548 g/mol. The van der Waals surface area contributed by atoms with Gasteiger partial charge in [-0.05, 0) is 67.2 Å². The van der Waals surface area contributed by atoms with E-state index in [1.54, 1.807) is 31.4 Å². The number of thiocarbonyl (C=S) groups is 1. The first-order valence-corrected chi connectivity index (χ1v) is 13.0. The SMILES string of the molecule is COc1ccc(C(=O)NN2C(=O)/C(=C/c3c(C)n(Cc4ccccc4Cl)c4ccccc34)SC2=S)cc1. The molecule has 1 N–H and O–H groups in total. The van der Waals surface area contributed by atoms with Crippen molar-refractivity contribution in [2.24, 2.45) is 0 Å². The average Bonchev–Trinajstić information content (AvgIpc) is 3.33. The predicted octanol–water partition coefficient (Wildman–Crippen LogP) is 6.21. The van der Waals surface area contributed by atoms with Crippen LogP contribution in [0.2, 0.25) is 5.02 Å². The van der Waals surface area contributed by atoms with Crippen molar-refractivity contribution in [1.29, 1.82) is 0 Å². The van der Waals surface area contributed by atoms with Crippen LogP contribution in [0.5, 0.6) is 5.75 Å². The van der Waals surface area contributed by atoms with Gasteiger partial charge in [-0.25, -0.2) is 0 Å². The first-order valence-electron chi connectivity index (χ1n) is 11.4. The lowest BCUT2D eigenvalue weighted by Gasteiger charge is -2.15. The van der Waals surface area contributed by atoms with Crippen LogP contribution >= 0.6 is 35.6 Å². The van der Waals surface area contributed by atoms with Crippen molar-refractivity contribution in [2.75, 3.05) is 7.11 Å². The molecule has 3 aromatic carbocycles. The Morgan fingerprint density at radius 1 is 1.08 bits per heavy atom. The Bertz CT molecular complexity index is 1580. The second-order valence-electron chi connectivity index (χ2n) is 8.38. The highest BCUT2D eigenvalue weighted by Gasteiger charge is 2.34. The minimum atomic E-state index is -0.437. The number of aromatic nitrogens is 1. The summed E-state index contributed by atoms with van der Waals surface area (Å²) in [5.74, 6) is -0.180. The molecule has 1 aromatic heterocycles. The largest absolute Gasteiger partial charge is 0.497 e. The van der Waals surface area contributed by atoms with E-state index in [4.69, 9.17) is 28.6 Å². The highest BCUT2D eigenvalue weighted by Crippen LogP contribution is 2.35. The molecule has 1 aliphatic heterocycles. The molecule has 37 heavy (non-hydrogen) atoms. The van der Waals surface area contributed by atoms with Gasteiger partial charge in [0.1, 0.15) is 5.75 Å². The number of nitrogens with zero attached hydrogens (tertiary/aromatic N) is 2. The quantitative estimate of drug-likeness (QED) is 0.230. The molecule has 0 saturated carbocycles. The Morgan fingerprint density at radius 3 is 2.51 bits per heavy atom. The smallest absolute Gasteiger partial charge is 0.285 e. The standard InChI is InChI=1S/C28H22ClN3O3S2/c1-17-22(21-8-4-6-10-24(21)31(17)16-19-7-3-5-9-23(19)29)15-25-27(34)32(28(36)37-25)30-26(33)18-11-13-20(35-2)14-12-18/h3-15H,16H2,1-2H3,(H,30,33)/b25-15-. The number of hydrazine groups is 1. The van der Waals surface area contributed by atoms with Crippen LogP contribution in [0, 0.1) is 6.92 Å². The van der Waals surface area contributed by atoms with Gasteiger partial charge in [0.2, 0.25) is 0 Å². The van der Waals surface area contributed by atoms with Gasteiger partial charge in [-0.1, -0.05) is 59.8 Å². The number of hydrogen-bond acceptors (Lipinski definition) is 5. The van der Waals surface area contributed by atoms with Gasteiger partial charge in [-0.2, -0.15) is 5.01 Å². The number of fused-ring (bicyclic) bond motifs is 1. The highest BCUT2D eigenvalue weighted by molar-refractivity contribution is 8.26. The van der Waals surface area contributed by atoms with E-state index in [2.05, 4.69) is 16.1 Å². The number of hydrogen-bond donors (Lipinski definition) is 1. The summed E-state index contributed by atoms with van der Waals surface area (Å²) < 4.78 is 7.58. The van der Waals surface area contributed by atoms with E-state index in [-0.39, 0.29) is 10.2 Å². The third kappa shape index (κ3) is 4.87. The molecule has 4 aromatic rings. The molecular weight excluding hydrogens is 526 g/mol. The Morgan fingerprint density at radius 2 is 1.78 bits per heavy atom.